The molecule has 55 heavy (non-hydrogen) atoms. The van der Waals surface area contributed by atoms with Crippen LogP contribution >= 0.6 is 7.82 Å². The lowest BCUT2D eigenvalue weighted by Crippen LogP contribution is -2.45. The second-order valence-electron chi connectivity index (χ2n) is 17.5. The smallest absolute Gasteiger partial charge is 0.387 e. The zero-order valence-electron chi connectivity index (χ0n) is 37.2. The first-order chi connectivity index (χ1) is 26.5. The number of hydrogen-bond acceptors (Lipinski definition) is 5. The number of allylic oxidation sites excluding steroid dienone is 1. The summed E-state index contributed by atoms with van der Waals surface area (Å²) in [6, 6.07) is -0.839. The predicted octanol–water partition coefficient (Wildman–Crippen LogP) is 13.1. The number of quaternary nitrogens is 1. The first kappa shape index (κ1) is 54.2. The number of aliphatic hydroxyl groups is 1. The van der Waals surface area contributed by atoms with Crippen molar-refractivity contribution in [2.75, 3.05) is 40.9 Å². The summed E-state index contributed by atoms with van der Waals surface area (Å²) in [6.07, 6.45) is 44.3. The van der Waals surface area contributed by atoms with Gasteiger partial charge in [0.15, 0.2) is 0 Å². The standard InChI is InChI=1S/C46H93N2O6P/c1-6-8-10-12-14-16-18-20-21-22-23-24-25-26-27-28-30-32-34-36-38-40-46(50)47-44(43-54-55(51,52)53-42-41-48(3,4)5)45(49)39-37-35-33-31-29-19-17-15-13-11-9-7-2/h37,39,44-45,49H,6-36,38,40-43H2,1-5H3,(H-,47,50,51,52)/p+1/b39-37+/t44-,45+/m0/s1. The molecular weight excluding hydrogens is 707 g/mol. The number of rotatable bonds is 43. The van der Waals surface area contributed by atoms with E-state index in [4.69, 9.17) is 9.05 Å². The van der Waals surface area contributed by atoms with Crippen molar-refractivity contribution in [1.82, 2.24) is 5.32 Å². The number of nitrogens with zero attached hydrogens (tertiary/aromatic N) is 1. The van der Waals surface area contributed by atoms with Crippen molar-refractivity contribution in [3.63, 3.8) is 0 Å². The van der Waals surface area contributed by atoms with E-state index in [1.54, 1.807) is 6.08 Å². The van der Waals surface area contributed by atoms with Gasteiger partial charge in [-0.25, -0.2) is 4.57 Å². The minimum Gasteiger partial charge on any atom is -0.387 e. The summed E-state index contributed by atoms with van der Waals surface area (Å²) in [4.78, 5) is 23.1. The number of phosphoric acid groups is 1. The van der Waals surface area contributed by atoms with Crippen LogP contribution < -0.4 is 5.32 Å². The zero-order chi connectivity index (χ0) is 40.7. The van der Waals surface area contributed by atoms with E-state index in [9.17, 15) is 19.4 Å². The molecule has 0 saturated carbocycles. The molecule has 3 N–H and O–H groups in total. The Morgan fingerprint density at radius 2 is 0.964 bits per heavy atom. The molecule has 0 heterocycles. The van der Waals surface area contributed by atoms with Gasteiger partial charge in [0.25, 0.3) is 0 Å². The van der Waals surface area contributed by atoms with Gasteiger partial charge in [-0.05, 0) is 19.3 Å². The summed E-state index contributed by atoms with van der Waals surface area (Å²) in [6.45, 7) is 4.83. The quantitative estimate of drug-likeness (QED) is 0.0245. The number of carbonyl (C=O) groups is 1. The van der Waals surface area contributed by atoms with Crippen molar-refractivity contribution in [3.05, 3.63) is 12.2 Å². The highest BCUT2D eigenvalue weighted by molar-refractivity contribution is 7.47. The van der Waals surface area contributed by atoms with Crippen LogP contribution in [0, 0.1) is 0 Å². The first-order valence-corrected chi connectivity index (χ1v) is 25.1. The minimum atomic E-state index is -4.33. The van der Waals surface area contributed by atoms with Gasteiger partial charge in [0.2, 0.25) is 5.91 Å². The van der Waals surface area contributed by atoms with E-state index in [0.29, 0.717) is 17.4 Å². The Morgan fingerprint density at radius 1 is 0.600 bits per heavy atom. The monoisotopic (exact) mass is 802 g/mol. The average molecular weight is 802 g/mol. The molecule has 328 valence electrons. The SMILES string of the molecule is CCCCCCCCCCCC/C=C/[C@@H](O)[C@H](COP(=O)(O)OCC[N+](C)(C)C)NC(=O)CCCCCCCCCCCCCCCCCCCCCCC. The normalized spacial score (nSPS) is 14.4. The Balaban J connectivity index is 4.26. The van der Waals surface area contributed by atoms with Crippen LogP contribution in [0.1, 0.15) is 226 Å². The predicted molar refractivity (Wildman–Crippen MR) is 235 cm³/mol. The summed E-state index contributed by atoms with van der Waals surface area (Å²) in [5.74, 6) is -0.174. The Kier molecular flexibility index (Phi) is 38.2. The van der Waals surface area contributed by atoms with Crippen LogP contribution in [-0.2, 0) is 18.4 Å². The van der Waals surface area contributed by atoms with Crippen molar-refractivity contribution in [1.29, 1.82) is 0 Å². The maximum absolute atomic E-state index is 12.9. The Hall–Kier alpha value is -0.760. The Bertz CT molecular complexity index is 911. The maximum Gasteiger partial charge on any atom is 0.472 e. The molecule has 1 amide bonds. The van der Waals surface area contributed by atoms with Gasteiger partial charge in [-0.3, -0.25) is 13.8 Å². The van der Waals surface area contributed by atoms with Gasteiger partial charge in [0, 0.05) is 6.42 Å². The van der Waals surface area contributed by atoms with E-state index in [-0.39, 0.29) is 19.1 Å². The first-order valence-electron chi connectivity index (χ1n) is 23.6. The Morgan fingerprint density at radius 3 is 1.35 bits per heavy atom. The fourth-order valence-electron chi connectivity index (χ4n) is 6.98. The molecule has 0 spiro atoms. The third-order valence-corrected chi connectivity index (χ3v) is 11.7. The number of phosphoric ester groups is 1. The van der Waals surface area contributed by atoms with Crippen molar-refractivity contribution in [3.8, 4) is 0 Å². The Labute approximate surface area is 342 Å². The van der Waals surface area contributed by atoms with E-state index in [1.165, 1.54) is 167 Å². The van der Waals surface area contributed by atoms with E-state index >= 15 is 0 Å². The average Bonchev–Trinajstić information content (AvgIpc) is 3.13. The second-order valence-corrected chi connectivity index (χ2v) is 18.9. The van der Waals surface area contributed by atoms with Crippen LogP contribution in [0.25, 0.3) is 0 Å². The zero-order valence-corrected chi connectivity index (χ0v) is 38.1. The molecule has 9 heteroatoms. The van der Waals surface area contributed by atoms with Crippen LogP contribution in [0.2, 0.25) is 0 Å². The number of amides is 1. The summed E-state index contributed by atoms with van der Waals surface area (Å²) in [5, 5.41) is 13.8. The largest absolute Gasteiger partial charge is 0.472 e. The molecular formula is C46H94N2O6P+. The molecule has 0 aromatic carbocycles. The van der Waals surface area contributed by atoms with Crippen LogP contribution in [0.3, 0.4) is 0 Å². The second kappa shape index (κ2) is 38.7. The molecule has 0 rings (SSSR count). The molecule has 3 atom stereocenters. The molecule has 0 aliphatic heterocycles. The van der Waals surface area contributed by atoms with E-state index in [2.05, 4.69) is 19.2 Å². The number of hydrogen-bond donors (Lipinski definition) is 3. The molecule has 0 bridgehead atoms. The third-order valence-electron chi connectivity index (χ3n) is 10.8. The molecule has 1 unspecified atom stereocenters. The van der Waals surface area contributed by atoms with Crippen LogP contribution in [0.4, 0.5) is 0 Å². The lowest BCUT2D eigenvalue weighted by atomic mass is 10.0. The van der Waals surface area contributed by atoms with Crippen LogP contribution in [0.5, 0.6) is 0 Å². The van der Waals surface area contributed by atoms with Gasteiger partial charge >= 0.3 is 7.82 Å². The van der Waals surface area contributed by atoms with Crippen molar-refractivity contribution >= 4 is 13.7 Å². The molecule has 0 radical (unpaired) electrons. The van der Waals surface area contributed by atoms with Crippen molar-refractivity contribution < 1.29 is 32.9 Å². The number of nitrogens with one attached hydrogen (secondary N) is 1. The topological polar surface area (TPSA) is 105 Å². The van der Waals surface area contributed by atoms with E-state index < -0.39 is 20.0 Å². The summed E-state index contributed by atoms with van der Waals surface area (Å²) in [7, 11) is 1.58. The van der Waals surface area contributed by atoms with Gasteiger partial charge in [-0.15, -0.1) is 0 Å². The van der Waals surface area contributed by atoms with Gasteiger partial charge in [0.05, 0.1) is 39.9 Å². The van der Waals surface area contributed by atoms with Gasteiger partial charge in [-0.2, -0.15) is 0 Å². The molecule has 0 fully saturated rings. The highest BCUT2D eigenvalue weighted by Crippen LogP contribution is 2.43. The molecule has 0 aromatic rings. The molecule has 0 aromatic heterocycles. The van der Waals surface area contributed by atoms with Crippen molar-refractivity contribution in [2.24, 2.45) is 0 Å². The van der Waals surface area contributed by atoms with E-state index in [0.717, 1.165) is 38.5 Å². The van der Waals surface area contributed by atoms with Crippen molar-refractivity contribution in [2.45, 2.75) is 238 Å². The lowest BCUT2D eigenvalue weighted by molar-refractivity contribution is -0.870. The number of carbonyl (C=O) groups excluding carboxylic acids is 1. The fourth-order valence-corrected chi connectivity index (χ4v) is 7.72. The van der Waals surface area contributed by atoms with Crippen LogP contribution in [0.15, 0.2) is 12.2 Å². The minimum absolute atomic E-state index is 0.0646. The molecule has 8 nitrogen and oxygen atoms in total. The third kappa shape index (κ3) is 41.2. The van der Waals surface area contributed by atoms with Gasteiger partial charge in [-0.1, -0.05) is 212 Å². The molecule has 0 aliphatic rings. The summed E-state index contributed by atoms with van der Waals surface area (Å²) in [5.41, 5.74) is 0. The highest BCUT2D eigenvalue weighted by atomic mass is 31.2. The maximum atomic E-state index is 12.9. The van der Waals surface area contributed by atoms with Gasteiger partial charge < -0.3 is 19.8 Å². The lowest BCUT2D eigenvalue weighted by Gasteiger charge is -2.25. The fraction of sp³-hybridized carbons (Fsp3) is 0.935. The van der Waals surface area contributed by atoms with Crippen LogP contribution in [-0.4, -0.2) is 73.4 Å². The number of aliphatic hydroxyl groups excluding tert-OH is 1. The van der Waals surface area contributed by atoms with E-state index in [1.807, 2.05) is 27.2 Å². The highest BCUT2D eigenvalue weighted by Gasteiger charge is 2.27. The number of unbranched alkanes of at least 4 members (excludes halogenated alkanes) is 30. The summed E-state index contributed by atoms with van der Waals surface area (Å²) >= 11 is 0. The summed E-state index contributed by atoms with van der Waals surface area (Å²) < 4.78 is 23.6. The molecule has 0 aliphatic carbocycles. The number of likely N-dealkylation sites (N-methyl/N-ethyl adjacent to an activating group) is 1. The van der Waals surface area contributed by atoms with Gasteiger partial charge in [0.1, 0.15) is 13.2 Å². The molecule has 0 saturated heterocycles.